The van der Waals surface area contributed by atoms with Crippen molar-refractivity contribution in [3.8, 4) is 5.75 Å². The van der Waals surface area contributed by atoms with Crippen LogP contribution in [0.5, 0.6) is 5.75 Å². The average Bonchev–Trinajstić information content (AvgIpc) is 3.13. The molecule has 2 aromatic carbocycles. The van der Waals surface area contributed by atoms with Crippen LogP contribution in [0.3, 0.4) is 0 Å². The normalized spacial score (nSPS) is 18.5. The van der Waals surface area contributed by atoms with Crippen molar-refractivity contribution < 1.29 is 4.74 Å². The Bertz CT molecular complexity index is 786. The molecule has 2 aromatic rings. The molecule has 0 saturated heterocycles. The zero-order valence-corrected chi connectivity index (χ0v) is 18.7. The number of ether oxygens (including phenoxy) is 1. The molecule has 0 fully saturated rings. The first kappa shape index (κ1) is 20.9. The first-order valence-electron chi connectivity index (χ1n) is 9.80. The second kappa shape index (κ2) is 10.1. The minimum Gasteiger partial charge on any atom is -0.488 e. The molecule has 2 aliphatic heterocycles. The predicted octanol–water partition coefficient (Wildman–Crippen LogP) is 2.83. The Kier molecular flexibility index (Phi) is 7.56. The van der Waals surface area contributed by atoms with Gasteiger partial charge >= 0.3 is 0 Å². The summed E-state index contributed by atoms with van der Waals surface area (Å²) in [6.45, 7) is 4.82. The topological polar surface area (TPSA) is 48.9 Å². The number of hydrogen-bond donors (Lipinski definition) is 2. The monoisotopic (exact) mass is 492 g/mol. The molecule has 150 valence electrons. The van der Waals surface area contributed by atoms with Crippen LogP contribution in [0.15, 0.2) is 53.5 Å². The van der Waals surface area contributed by atoms with E-state index in [1.54, 1.807) is 0 Å². The molecule has 0 bridgehead atoms. The summed E-state index contributed by atoms with van der Waals surface area (Å²) < 4.78 is 5.98. The largest absolute Gasteiger partial charge is 0.488 e. The maximum atomic E-state index is 5.98. The summed E-state index contributed by atoms with van der Waals surface area (Å²) >= 11 is 0. The third-order valence-electron chi connectivity index (χ3n) is 5.36. The van der Waals surface area contributed by atoms with Gasteiger partial charge in [-0.25, -0.2) is 0 Å². The molecule has 0 spiro atoms. The Morgan fingerprint density at radius 1 is 1.07 bits per heavy atom. The van der Waals surface area contributed by atoms with Crippen molar-refractivity contribution in [2.24, 2.45) is 4.99 Å². The van der Waals surface area contributed by atoms with Crippen LogP contribution >= 0.6 is 24.0 Å². The summed E-state index contributed by atoms with van der Waals surface area (Å²) in [7, 11) is 1.82. The fraction of sp³-hybridized carbons (Fsp3) is 0.409. The van der Waals surface area contributed by atoms with Crippen LogP contribution in [-0.4, -0.2) is 50.2 Å². The van der Waals surface area contributed by atoms with Crippen LogP contribution in [0.1, 0.15) is 16.7 Å². The maximum Gasteiger partial charge on any atom is 0.191 e. The first-order valence-corrected chi connectivity index (χ1v) is 9.80. The number of hydrogen-bond acceptors (Lipinski definition) is 3. The van der Waals surface area contributed by atoms with E-state index in [1.807, 2.05) is 19.2 Å². The van der Waals surface area contributed by atoms with Crippen LogP contribution < -0.4 is 15.4 Å². The zero-order valence-electron chi connectivity index (χ0n) is 16.4. The van der Waals surface area contributed by atoms with Crippen molar-refractivity contribution in [1.29, 1.82) is 0 Å². The van der Waals surface area contributed by atoms with Crippen LogP contribution in [-0.2, 0) is 19.4 Å². The quantitative estimate of drug-likeness (QED) is 0.383. The maximum absolute atomic E-state index is 5.98. The zero-order chi connectivity index (χ0) is 18.5. The SMILES string of the molecule is CN=C(NCCN1CCc2ccccc2C1)NCC1Cc2ccccc2O1.I. The van der Waals surface area contributed by atoms with Crippen LogP contribution in [0.2, 0.25) is 0 Å². The second-order valence-corrected chi connectivity index (χ2v) is 7.23. The summed E-state index contributed by atoms with van der Waals surface area (Å²) in [5, 5.41) is 6.82. The van der Waals surface area contributed by atoms with E-state index in [2.05, 4.69) is 56.9 Å². The van der Waals surface area contributed by atoms with Gasteiger partial charge in [0.25, 0.3) is 0 Å². The smallest absolute Gasteiger partial charge is 0.191 e. The number of para-hydroxylation sites is 1. The molecule has 1 unspecified atom stereocenters. The van der Waals surface area contributed by atoms with Gasteiger partial charge in [0.05, 0.1) is 6.54 Å². The van der Waals surface area contributed by atoms with Gasteiger partial charge in [-0.1, -0.05) is 42.5 Å². The minimum absolute atomic E-state index is 0. The van der Waals surface area contributed by atoms with E-state index in [9.17, 15) is 0 Å². The van der Waals surface area contributed by atoms with Gasteiger partial charge in [0.2, 0.25) is 0 Å². The minimum atomic E-state index is 0. The molecule has 2 N–H and O–H groups in total. The summed E-state index contributed by atoms with van der Waals surface area (Å²) in [6.07, 6.45) is 2.26. The summed E-state index contributed by atoms with van der Waals surface area (Å²) in [6, 6.07) is 17.0. The standard InChI is InChI=1S/C22H28N4O.HI/c1-23-22(25-15-20-14-18-7-4-5-9-21(18)27-20)24-11-13-26-12-10-17-6-2-3-8-19(17)16-26;/h2-9,20H,10-16H2,1H3,(H2,23,24,25);1H. The van der Waals surface area contributed by atoms with Crippen molar-refractivity contribution in [1.82, 2.24) is 15.5 Å². The van der Waals surface area contributed by atoms with Crippen LogP contribution in [0.4, 0.5) is 0 Å². The molecule has 2 heterocycles. The summed E-state index contributed by atoms with van der Waals surface area (Å²) in [5.74, 6) is 1.85. The third kappa shape index (κ3) is 5.17. The third-order valence-corrected chi connectivity index (χ3v) is 5.36. The number of benzene rings is 2. The van der Waals surface area contributed by atoms with Crippen molar-refractivity contribution in [3.05, 3.63) is 65.2 Å². The van der Waals surface area contributed by atoms with Crippen LogP contribution in [0.25, 0.3) is 0 Å². The molecule has 2 aliphatic rings. The average molecular weight is 492 g/mol. The number of halogens is 1. The molecule has 0 aromatic heterocycles. The highest BCUT2D eigenvalue weighted by Crippen LogP contribution is 2.27. The fourth-order valence-electron chi connectivity index (χ4n) is 3.88. The lowest BCUT2D eigenvalue weighted by molar-refractivity contribution is 0.234. The van der Waals surface area contributed by atoms with Crippen molar-refractivity contribution in [3.63, 3.8) is 0 Å². The van der Waals surface area contributed by atoms with E-state index in [0.717, 1.165) is 57.3 Å². The fourth-order valence-corrected chi connectivity index (χ4v) is 3.88. The Morgan fingerprint density at radius 2 is 1.82 bits per heavy atom. The highest BCUT2D eigenvalue weighted by molar-refractivity contribution is 14.0. The van der Waals surface area contributed by atoms with Gasteiger partial charge in [-0.05, 0) is 29.2 Å². The number of guanidine groups is 1. The molecule has 4 rings (SSSR count). The second-order valence-electron chi connectivity index (χ2n) is 7.23. The molecule has 28 heavy (non-hydrogen) atoms. The van der Waals surface area contributed by atoms with Gasteiger partial charge in [-0.15, -0.1) is 24.0 Å². The highest BCUT2D eigenvalue weighted by Gasteiger charge is 2.22. The van der Waals surface area contributed by atoms with Gasteiger partial charge < -0.3 is 15.4 Å². The number of aliphatic imine (C=N–C) groups is 1. The summed E-state index contributed by atoms with van der Waals surface area (Å²) in [5.41, 5.74) is 4.25. The molecule has 0 aliphatic carbocycles. The van der Waals surface area contributed by atoms with Gasteiger partial charge in [-0.3, -0.25) is 9.89 Å². The highest BCUT2D eigenvalue weighted by atomic mass is 127. The molecule has 6 heteroatoms. The predicted molar refractivity (Wildman–Crippen MR) is 125 cm³/mol. The molecule has 0 radical (unpaired) electrons. The van der Waals surface area contributed by atoms with Crippen molar-refractivity contribution >= 4 is 29.9 Å². The van der Waals surface area contributed by atoms with Gasteiger partial charge in [0, 0.05) is 39.6 Å². The van der Waals surface area contributed by atoms with E-state index in [4.69, 9.17) is 4.74 Å². The van der Waals surface area contributed by atoms with E-state index in [0.29, 0.717) is 0 Å². The summed E-state index contributed by atoms with van der Waals surface area (Å²) in [4.78, 5) is 6.84. The van der Waals surface area contributed by atoms with E-state index < -0.39 is 0 Å². The Labute approximate surface area is 184 Å². The number of nitrogens with one attached hydrogen (secondary N) is 2. The van der Waals surface area contributed by atoms with Gasteiger partial charge in [0.1, 0.15) is 11.9 Å². The van der Waals surface area contributed by atoms with Gasteiger partial charge in [-0.2, -0.15) is 0 Å². The van der Waals surface area contributed by atoms with Crippen LogP contribution in [0, 0.1) is 0 Å². The Morgan fingerprint density at radius 3 is 2.61 bits per heavy atom. The van der Waals surface area contributed by atoms with E-state index >= 15 is 0 Å². The lowest BCUT2D eigenvalue weighted by Crippen LogP contribution is -2.45. The molecule has 1 atom stereocenters. The van der Waals surface area contributed by atoms with E-state index in [-0.39, 0.29) is 30.1 Å². The molecular weight excluding hydrogens is 463 g/mol. The lowest BCUT2D eigenvalue weighted by Gasteiger charge is -2.29. The Hall–Kier alpha value is -1.80. The van der Waals surface area contributed by atoms with Crippen molar-refractivity contribution in [2.75, 3.05) is 33.2 Å². The number of fused-ring (bicyclic) bond motifs is 2. The van der Waals surface area contributed by atoms with Gasteiger partial charge in [0.15, 0.2) is 5.96 Å². The van der Waals surface area contributed by atoms with E-state index in [1.165, 1.54) is 16.7 Å². The molecule has 0 saturated carbocycles. The lowest BCUT2D eigenvalue weighted by atomic mass is 10.00. The first-order chi connectivity index (χ1) is 13.3. The number of nitrogens with zero attached hydrogens (tertiary/aromatic N) is 2. The van der Waals surface area contributed by atoms with Crippen molar-refractivity contribution in [2.45, 2.75) is 25.5 Å². The Balaban J connectivity index is 0.00000225. The molecule has 0 amide bonds. The molecular formula is C22H29IN4O. The number of rotatable bonds is 5. The molecule has 5 nitrogen and oxygen atoms in total.